The Labute approximate surface area is 99.7 Å². The van der Waals surface area contributed by atoms with E-state index in [0.717, 1.165) is 10.9 Å². The standard InChI is InChI=1S/C14H13NO2/c1-17-14(16)10-15-9-11-6-7-12-4-2-3-5-13(12)8-11/h2-9H,10H2,1H3. The zero-order valence-electron chi connectivity index (χ0n) is 9.59. The van der Waals surface area contributed by atoms with E-state index in [4.69, 9.17) is 0 Å². The van der Waals surface area contributed by atoms with Crippen LogP contribution in [0.1, 0.15) is 5.56 Å². The molecule has 2 aromatic rings. The molecule has 2 rings (SSSR count). The summed E-state index contributed by atoms with van der Waals surface area (Å²) < 4.78 is 4.51. The number of methoxy groups -OCH3 is 1. The molecule has 0 aliphatic rings. The van der Waals surface area contributed by atoms with Crippen molar-refractivity contribution < 1.29 is 9.53 Å². The number of esters is 1. The SMILES string of the molecule is COC(=O)CN=Cc1ccc2ccccc2c1. The summed E-state index contributed by atoms with van der Waals surface area (Å²) in [6.45, 7) is 0.0589. The molecule has 0 atom stereocenters. The third-order valence-corrected chi connectivity index (χ3v) is 2.46. The maximum absolute atomic E-state index is 10.9. The molecule has 0 saturated heterocycles. The second kappa shape index (κ2) is 5.25. The summed E-state index contributed by atoms with van der Waals surface area (Å²) in [5.74, 6) is -0.331. The zero-order chi connectivity index (χ0) is 12.1. The summed E-state index contributed by atoms with van der Waals surface area (Å²) in [7, 11) is 1.36. The predicted molar refractivity (Wildman–Crippen MR) is 68.4 cm³/mol. The fourth-order valence-corrected chi connectivity index (χ4v) is 1.58. The summed E-state index contributed by atoms with van der Waals surface area (Å²) in [6.07, 6.45) is 1.68. The summed E-state index contributed by atoms with van der Waals surface area (Å²) in [4.78, 5) is 14.9. The topological polar surface area (TPSA) is 38.7 Å². The van der Waals surface area contributed by atoms with Gasteiger partial charge in [0.25, 0.3) is 0 Å². The van der Waals surface area contributed by atoms with Gasteiger partial charge in [-0.3, -0.25) is 9.79 Å². The number of aliphatic imine (C=N–C) groups is 1. The molecule has 3 nitrogen and oxygen atoms in total. The average molecular weight is 227 g/mol. The van der Waals surface area contributed by atoms with Crippen molar-refractivity contribution in [3.8, 4) is 0 Å². The lowest BCUT2D eigenvalue weighted by Gasteiger charge is -1.98. The molecule has 0 N–H and O–H groups in total. The highest BCUT2D eigenvalue weighted by Crippen LogP contribution is 2.14. The summed E-state index contributed by atoms with van der Waals surface area (Å²) in [6, 6.07) is 14.2. The number of nitrogens with zero attached hydrogens (tertiary/aromatic N) is 1. The van der Waals surface area contributed by atoms with Gasteiger partial charge in [-0.25, -0.2) is 0 Å². The second-order valence-corrected chi connectivity index (χ2v) is 3.65. The lowest BCUT2D eigenvalue weighted by molar-refractivity contribution is -0.138. The largest absolute Gasteiger partial charge is 0.468 e. The third-order valence-electron chi connectivity index (χ3n) is 2.46. The first-order valence-electron chi connectivity index (χ1n) is 5.35. The molecule has 17 heavy (non-hydrogen) atoms. The van der Waals surface area contributed by atoms with Crippen LogP contribution in [-0.2, 0) is 9.53 Å². The van der Waals surface area contributed by atoms with Crippen molar-refractivity contribution >= 4 is 23.0 Å². The Kier molecular flexibility index (Phi) is 3.50. The minimum absolute atomic E-state index is 0.0589. The highest BCUT2D eigenvalue weighted by atomic mass is 16.5. The van der Waals surface area contributed by atoms with Crippen LogP contribution in [0.3, 0.4) is 0 Å². The van der Waals surface area contributed by atoms with E-state index < -0.39 is 0 Å². The second-order valence-electron chi connectivity index (χ2n) is 3.65. The Balaban J connectivity index is 2.16. The number of carbonyl (C=O) groups excluding carboxylic acids is 1. The number of fused-ring (bicyclic) bond motifs is 1. The Morgan fingerprint density at radius 3 is 2.76 bits per heavy atom. The van der Waals surface area contributed by atoms with Gasteiger partial charge in [-0.1, -0.05) is 36.4 Å². The molecule has 0 unspecified atom stereocenters. The summed E-state index contributed by atoms with van der Waals surface area (Å²) in [5, 5.41) is 2.35. The van der Waals surface area contributed by atoms with Crippen molar-refractivity contribution in [2.75, 3.05) is 13.7 Å². The molecule has 0 spiro atoms. The van der Waals surface area contributed by atoms with Crippen LogP contribution in [0.4, 0.5) is 0 Å². The van der Waals surface area contributed by atoms with Gasteiger partial charge in [0.2, 0.25) is 0 Å². The molecular formula is C14H13NO2. The lowest BCUT2D eigenvalue weighted by atomic mass is 10.1. The van der Waals surface area contributed by atoms with Gasteiger partial charge in [-0.15, -0.1) is 0 Å². The number of ether oxygens (including phenoxy) is 1. The maximum atomic E-state index is 10.9. The van der Waals surface area contributed by atoms with Crippen molar-refractivity contribution in [2.24, 2.45) is 4.99 Å². The van der Waals surface area contributed by atoms with Crippen LogP contribution < -0.4 is 0 Å². The first-order chi connectivity index (χ1) is 8.29. The Morgan fingerprint density at radius 2 is 2.00 bits per heavy atom. The maximum Gasteiger partial charge on any atom is 0.327 e. The minimum Gasteiger partial charge on any atom is -0.468 e. The van der Waals surface area contributed by atoms with Crippen LogP contribution >= 0.6 is 0 Å². The molecule has 3 heteroatoms. The number of rotatable bonds is 3. The van der Waals surface area contributed by atoms with Crippen LogP contribution in [0.2, 0.25) is 0 Å². The number of benzene rings is 2. The first-order valence-corrected chi connectivity index (χ1v) is 5.35. The Morgan fingerprint density at radius 1 is 1.24 bits per heavy atom. The van der Waals surface area contributed by atoms with Gasteiger partial charge >= 0.3 is 5.97 Å². The minimum atomic E-state index is -0.331. The van der Waals surface area contributed by atoms with Gasteiger partial charge in [0.1, 0.15) is 6.54 Å². The van der Waals surface area contributed by atoms with Gasteiger partial charge in [0, 0.05) is 6.21 Å². The quantitative estimate of drug-likeness (QED) is 0.596. The van der Waals surface area contributed by atoms with Crippen LogP contribution in [-0.4, -0.2) is 25.8 Å². The van der Waals surface area contributed by atoms with Crippen molar-refractivity contribution in [3.05, 3.63) is 48.0 Å². The van der Waals surface area contributed by atoms with Gasteiger partial charge in [0.15, 0.2) is 0 Å². The van der Waals surface area contributed by atoms with Crippen LogP contribution in [0.15, 0.2) is 47.5 Å². The highest BCUT2D eigenvalue weighted by Gasteiger charge is 1.96. The normalized spacial score (nSPS) is 10.9. The number of carbonyl (C=O) groups is 1. The molecule has 0 radical (unpaired) electrons. The predicted octanol–water partition coefficient (Wildman–Crippen LogP) is 2.43. The van der Waals surface area contributed by atoms with Crippen LogP contribution in [0.25, 0.3) is 10.8 Å². The van der Waals surface area contributed by atoms with Crippen molar-refractivity contribution in [1.82, 2.24) is 0 Å². The molecule has 0 amide bonds. The van der Waals surface area contributed by atoms with E-state index in [1.165, 1.54) is 12.5 Å². The molecule has 0 heterocycles. The first kappa shape index (κ1) is 11.3. The van der Waals surface area contributed by atoms with E-state index in [1.807, 2.05) is 36.4 Å². The van der Waals surface area contributed by atoms with Gasteiger partial charge < -0.3 is 4.74 Å². The monoisotopic (exact) mass is 227 g/mol. The van der Waals surface area contributed by atoms with Gasteiger partial charge in [-0.2, -0.15) is 0 Å². The molecule has 0 aliphatic carbocycles. The summed E-state index contributed by atoms with van der Waals surface area (Å²) >= 11 is 0. The molecule has 0 saturated carbocycles. The van der Waals surface area contributed by atoms with Crippen LogP contribution in [0, 0.1) is 0 Å². The highest BCUT2D eigenvalue weighted by molar-refractivity contribution is 5.90. The molecule has 86 valence electrons. The molecule has 0 bridgehead atoms. The van der Waals surface area contributed by atoms with Crippen molar-refractivity contribution in [1.29, 1.82) is 0 Å². The fourth-order valence-electron chi connectivity index (χ4n) is 1.58. The Hall–Kier alpha value is -2.16. The molecule has 0 aromatic heterocycles. The van der Waals surface area contributed by atoms with Crippen LogP contribution in [0.5, 0.6) is 0 Å². The van der Waals surface area contributed by atoms with E-state index in [2.05, 4.69) is 15.8 Å². The van der Waals surface area contributed by atoms with Gasteiger partial charge in [-0.05, 0) is 22.4 Å². The average Bonchev–Trinajstić information content (AvgIpc) is 2.38. The number of hydrogen-bond donors (Lipinski definition) is 0. The van der Waals surface area contributed by atoms with Gasteiger partial charge in [0.05, 0.1) is 7.11 Å². The van der Waals surface area contributed by atoms with E-state index in [1.54, 1.807) is 6.21 Å². The zero-order valence-corrected chi connectivity index (χ0v) is 9.59. The van der Waals surface area contributed by atoms with Crippen molar-refractivity contribution in [2.45, 2.75) is 0 Å². The molecular weight excluding hydrogens is 214 g/mol. The molecule has 0 aliphatic heterocycles. The molecule has 0 fully saturated rings. The molecule has 2 aromatic carbocycles. The van der Waals surface area contributed by atoms with Crippen molar-refractivity contribution in [3.63, 3.8) is 0 Å². The summed E-state index contributed by atoms with van der Waals surface area (Å²) in [5.41, 5.74) is 0.979. The lowest BCUT2D eigenvalue weighted by Crippen LogP contribution is -2.04. The fraction of sp³-hybridized carbons (Fsp3) is 0.143. The van der Waals surface area contributed by atoms with E-state index >= 15 is 0 Å². The van der Waals surface area contributed by atoms with E-state index in [-0.39, 0.29) is 12.5 Å². The third kappa shape index (κ3) is 2.91. The Bertz CT molecular complexity index is 561. The van der Waals surface area contributed by atoms with E-state index in [9.17, 15) is 4.79 Å². The number of hydrogen-bond acceptors (Lipinski definition) is 3. The van der Waals surface area contributed by atoms with E-state index in [0.29, 0.717) is 0 Å². The smallest absolute Gasteiger partial charge is 0.327 e.